The number of benzene rings is 2. The highest BCUT2D eigenvalue weighted by Crippen LogP contribution is 2.34. The van der Waals surface area contributed by atoms with Crippen LogP contribution < -0.4 is 9.47 Å². The second-order valence-corrected chi connectivity index (χ2v) is 5.62. The Hall–Kier alpha value is -2.75. The lowest BCUT2D eigenvalue weighted by molar-refractivity contribution is 0.0999. The number of phenolic OH excluding ortho intramolecular Hbond substituents is 1. The maximum absolute atomic E-state index is 12.8. The summed E-state index contributed by atoms with van der Waals surface area (Å²) in [6.45, 7) is 4.06. The van der Waals surface area contributed by atoms with E-state index in [1.807, 2.05) is 26.0 Å². The SMILES string of the molecule is COc1ccc(/C=C2\COc3c(C)ccc(C)c3C2=O)cc1O. The number of hydrogen-bond acceptors (Lipinski definition) is 4. The van der Waals surface area contributed by atoms with Crippen molar-refractivity contribution < 1.29 is 19.4 Å². The van der Waals surface area contributed by atoms with Crippen LogP contribution in [0.1, 0.15) is 27.0 Å². The van der Waals surface area contributed by atoms with E-state index in [2.05, 4.69) is 0 Å². The zero-order valence-corrected chi connectivity index (χ0v) is 13.3. The summed E-state index contributed by atoms with van der Waals surface area (Å²) >= 11 is 0. The van der Waals surface area contributed by atoms with Crippen molar-refractivity contribution in [3.8, 4) is 17.2 Å². The van der Waals surface area contributed by atoms with Gasteiger partial charge in [-0.2, -0.15) is 0 Å². The number of Topliss-reactive ketones (excluding diaryl/α,β-unsaturated/α-hetero) is 1. The summed E-state index contributed by atoms with van der Waals surface area (Å²) < 4.78 is 10.8. The third-order valence-corrected chi connectivity index (χ3v) is 4.00. The molecule has 2 aromatic rings. The number of ether oxygens (including phenoxy) is 2. The van der Waals surface area contributed by atoms with Crippen molar-refractivity contribution in [2.24, 2.45) is 0 Å². The van der Waals surface area contributed by atoms with Crippen molar-refractivity contribution >= 4 is 11.9 Å². The summed E-state index contributed by atoms with van der Waals surface area (Å²) in [5.74, 6) is 1.08. The molecule has 4 heteroatoms. The molecule has 1 N–H and O–H groups in total. The van der Waals surface area contributed by atoms with Crippen LogP contribution >= 0.6 is 0 Å². The molecule has 23 heavy (non-hydrogen) atoms. The number of aryl methyl sites for hydroxylation is 2. The van der Waals surface area contributed by atoms with Crippen LogP contribution in [-0.2, 0) is 0 Å². The average Bonchev–Trinajstić information content (AvgIpc) is 2.53. The molecule has 0 spiro atoms. The molecule has 0 amide bonds. The van der Waals surface area contributed by atoms with Crippen molar-refractivity contribution in [3.05, 3.63) is 58.2 Å². The van der Waals surface area contributed by atoms with E-state index < -0.39 is 0 Å². The number of phenols is 1. The molecule has 2 aromatic carbocycles. The summed E-state index contributed by atoms with van der Waals surface area (Å²) in [4.78, 5) is 12.8. The summed E-state index contributed by atoms with van der Waals surface area (Å²) in [6, 6.07) is 8.91. The van der Waals surface area contributed by atoms with Gasteiger partial charge in [-0.1, -0.05) is 18.2 Å². The van der Waals surface area contributed by atoms with E-state index in [-0.39, 0.29) is 18.1 Å². The quantitative estimate of drug-likeness (QED) is 0.860. The fraction of sp³-hybridized carbons (Fsp3) is 0.211. The molecular formula is C19H18O4. The van der Waals surface area contributed by atoms with E-state index in [1.54, 1.807) is 24.3 Å². The number of rotatable bonds is 2. The summed E-state index contributed by atoms with van der Waals surface area (Å²) in [5.41, 5.74) is 3.78. The number of methoxy groups -OCH3 is 1. The highest BCUT2D eigenvalue weighted by atomic mass is 16.5. The van der Waals surface area contributed by atoms with E-state index in [9.17, 15) is 9.90 Å². The van der Waals surface area contributed by atoms with Crippen molar-refractivity contribution in [1.29, 1.82) is 0 Å². The van der Waals surface area contributed by atoms with Crippen molar-refractivity contribution in [2.75, 3.05) is 13.7 Å². The zero-order chi connectivity index (χ0) is 16.6. The lowest BCUT2D eigenvalue weighted by atomic mass is 9.93. The largest absolute Gasteiger partial charge is 0.504 e. The van der Waals surface area contributed by atoms with Crippen LogP contribution in [0.4, 0.5) is 0 Å². The highest BCUT2D eigenvalue weighted by molar-refractivity contribution is 6.15. The first kappa shape index (κ1) is 15.2. The minimum absolute atomic E-state index is 0.0252. The first-order valence-electron chi connectivity index (χ1n) is 7.36. The molecule has 118 valence electrons. The molecule has 0 atom stereocenters. The second kappa shape index (κ2) is 5.80. The fourth-order valence-corrected chi connectivity index (χ4v) is 2.73. The van der Waals surface area contributed by atoms with E-state index in [1.165, 1.54) is 7.11 Å². The maximum atomic E-state index is 12.8. The number of carbonyl (C=O) groups excluding carboxylic acids is 1. The predicted octanol–water partition coefficient (Wildman–Crippen LogP) is 3.68. The molecule has 0 aromatic heterocycles. The van der Waals surface area contributed by atoms with Crippen LogP contribution in [0, 0.1) is 13.8 Å². The molecule has 0 aliphatic carbocycles. The summed E-state index contributed by atoms with van der Waals surface area (Å²) in [5, 5.41) is 9.85. The minimum Gasteiger partial charge on any atom is -0.504 e. The summed E-state index contributed by atoms with van der Waals surface area (Å²) in [6.07, 6.45) is 1.74. The topological polar surface area (TPSA) is 55.8 Å². The monoisotopic (exact) mass is 310 g/mol. The van der Waals surface area contributed by atoms with Crippen molar-refractivity contribution in [2.45, 2.75) is 13.8 Å². The zero-order valence-electron chi connectivity index (χ0n) is 13.3. The van der Waals surface area contributed by atoms with Gasteiger partial charge in [0.25, 0.3) is 0 Å². The van der Waals surface area contributed by atoms with Gasteiger partial charge in [-0.05, 0) is 48.7 Å². The Kier molecular flexibility index (Phi) is 3.82. The van der Waals surface area contributed by atoms with Gasteiger partial charge in [0, 0.05) is 5.57 Å². The number of aromatic hydroxyl groups is 1. The van der Waals surface area contributed by atoms with Crippen LogP contribution in [-0.4, -0.2) is 24.6 Å². The molecule has 0 radical (unpaired) electrons. The fourth-order valence-electron chi connectivity index (χ4n) is 2.73. The van der Waals surface area contributed by atoms with Gasteiger partial charge in [-0.3, -0.25) is 4.79 Å². The second-order valence-electron chi connectivity index (χ2n) is 5.62. The van der Waals surface area contributed by atoms with Gasteiger partial charge in [-0.25, -0.2) is 0 Å². The van der Waals surface area contributed by atoms with Gasteiger partial charge in [0.15, 0.2) is 17.3 Å². The van der Waals surface area contributed by atoms with Gasteiger partial charge < -0.3 is 14.6 Å². The highest BCUT2D eigenvalue weighted by Gasteiger charge is 2.26. The van der Waals surface area contributed by atoms with E-state index in [0.717, 1.165) is 16.7 Å². The number of carbonyl (C=O) groups is 1. The van der Waals surface area contributed by atoms with E-state index in [0.29, 0.717) is 22.6 Å². The van der Waals surface area contributed by atoms with Gasteiger partial charge >= 0.3 is 0 Å². The van der Waals surface area contributed by atoms with Crippen molar-refractivity contribution in [3.63, 3.8) is 0 Å². The standard InChI is InChI=1S/C19H18O4/c1-11-4-5-12(2)19-17(11)18(21)14(10-23-19)8-13-6-7-16(22-3)15(20)9-13/h4-9,20H,10H2,1-3H3/b14-8+. The Morgan fingerprint density at radius 1 is 1.17 bits per heavy atom. The predicted molar refractivity (Wildman–Crippen MR) is 88.4 cm³/mol. The number of hydrogen-bond donors (Lipinski definition) is 1. The van der Waals surface area contributed by atoms with Gasteiger partial charge in [0.1, 0.15) is 12.4 Å². The Labute approximate surface area is 135 Å². The molecule has 3 rings (SSSR count). The number of fused-ring (bicyclic) bond motifs is 1. The van der Waals surface area contributed by atoms with E-state index >= 15 is 0 Å². The van der Waals surface area contributed by atoms with Gasteiger partial charge in [0.05, 0.1) is 12.7 Å². The lowest BCUT2D eigenvalue weighted by Crippen LogP contribution is -2.21. The molecule has 0 saturated heterocycles. The van der Waals surface area contributed by atoms with Crippen LogP contribution in [0.25, 0.3) is 6.08 Å². The molecule has 4 nitrogen and oxygen atoms in total. The van der Waals surface area contributed by atoms with Crippen LogP contribution in [0.3, 0.4) is 0 Å². The average molecular weight is 310 g/mol. The van der Waals surface area contributed by atoms with Crippen LogP contribution in [0.2, 0.25) is 0 Å². The third-order valence-electron chi connectivity index (χ3n) is 4.00. The molecule has 1 heterocycles. The van der Waals surface area contributed by atoms with E-state index in [4.69, 9.17) is 9.47 Å². The normalized spacial score (nSPS) is 15.3. The molecule has 0 bridgehead atoms. The molecule has 0 saturated carbocycles. The minimum atomic E-state index is -0.0252. The lowest BCUT2D eigenvalue weighted by Gasteiger charge is -2.22. The first-order valence-corrected chi connectivity index (χ1v) is 7.36. The Bertz CT molecular complexity index is 818. The van der Waals surface area contributed by atoms with Crippen LogP contribution in [0.5, 0.6) is 17.2 Å². The number of ketones is 1. The Morgan fingerprint density at radius 3 is 2.61 bits per heavy atom. The van der Waals surface area contributed by atoms with Gasteiger partial charge in [0.2, 0.25) is 0 Å². The Balaban J connectivity index is 2.01. The first-order chi connectivity index (χ1) is 11.0. The maximum Gasteiger partial charge on any atom is 0.196 e. The van der Waals surface area contributed by atoms with Gasteiger partial charge in [-0.15, -0.1) is 0 Å². The third kappa shape index (κ3) is 2.68. The molecule has 1 aliphatic heterocycles. The molecule has 0 fully saturated rings. The molecule has 1 aliphatic rings. The van der Waals surface area contributed by atoms with Crippen LogP contribution in [0.15, 0.2) is 35.9 Å². The smallest absolute Gasteiger partial charge is 0.196 e. The Morgan fingerprint density at radius 2 is 1.91 bits per heavy atom. The molecule has 0 unspecified atom stereocenters. The van der Waals surface area contributed by atoms with Crippen molar-refractivity contribution in [1.82, 2.24) is 0 Å². The molecular weight excluding hydrogens is 292 g/mol. The summed E-state index contributed by atoms with van der Waals surface area (Å²) in [7, 11) is 1.49.